The van der Waals surface area contributed by atoms with Gasteiger partial charge in [-0.15, -0.1) is 0 Å². The molecule has 0 aromatic carbocycles. The largest absolute Gasteiger partial charge is 0.348 e. The van der Waals surface area contributed by atoms with Gasteiger partial charge in [-0.25, -0.2) is 4.98 Å². The summed E-state index contributed by atoms with van der Waals surface area (Å²) in [5.41, 5.74) is 5.72. The van der Waals surface area contributed by atoms with Gasteiger partial charge in [0, 0.05) is 25.5 Å². The van der Waals surface area contributed by atoms with Crippen molar-refractivity contribution in [3.05, 3.63) is 22.7 Å². The molecule has 0 unspecified atom stereocenters. The highest BCUT2D eigenvalue weighted by Gasteiger charge is 2.39. The minimum absolute atomic E-state index is 0.135. The number of nitrogens with one attached hydrogen (secondary N) is 1. The van der Waals surface area contributed by atoms with Crippen LogP contribution in [0.4, 0.5) is 5.82 Å². The fraction of sp³-hybridized carbons (Fsp3) is 0.556. The van der Waals surface area contributed by atoms with Crippen LogP contribution in [-0.2, 0) is 0 Å². The topological polar surface area (TPSA) is 75.0 Å². The van der Waals surface area contributed by atoms with Crippen LogP contribution in [0.1, 0.15) is 13.3 Å². The normalized spacial score (nSPS) is 19.1. The second-order valence-electron chi connectivity index (χ2n) is 3.81. The Morgan fingerprint density at radius 2 is 2.43 bits per heavy atom. The van der Waals surface area contributed by atoms with Crippen LogP contribution in [-0.4, -0.2) is 28.6 Å². The standard InChI is InChI=1S/C9H14N4O/c1-2-9(10)5-13(6-9)7-8(14)12-4-3-11-7/h3-4H,2,5-6,10H2,1H3,(H,12,14). The van der Waals surface area contributed by atoms with Crippen molar-refractivity contribution in [3.63, 3.8) is 0 Å². The number of aromatic nitrogens is 2. The van der Waals surface area contributed by atoms with E-state index >= 15 is 0 Å². The zero-order valence-electron chi connectivity index (χ0n) is 8.16. The van der Waals surface area contributed by atoms with Crippen molar-refractivity contribution in [1.29, 1.82) is 0 Å². The highest BCUT2D eigenvalue weighted by atomic mass is 16.1. The van der Waals surface area contributed by atoms with Crippen molar-refractivity contribution >= 4 is 5.82 Å². The quantitative estimate of drug-likeness (QED) is 0.677. The molecule has 0 atom stereocenters. The van der Waals surface area contributed by atoms with E-state index in [0.717, 1.165) is 6.42 Å². The summed E-state index contributed by atoms with van der Waals surface area (Å²) in [4.78, 5) is 19.9. The monoisotopic (exact) mass is 194 g/mol. The summed E-state index contributed by atoms with van der Waals surface area (Å²) in [5.74, 6) is 0.474. The highest BCUT2D eigenvalue weighted by Crippen LogP contribution is 2.23. The van der Waals surface area contributed by atoms with E-state index in [1.54, 1.807) is 6.20 Å². The van der Waals surface area contributed by atoms with Gasteiger partial charge >= 0.3 is 0 Å². The maximum absolute atomic E-state index is 11.4. The number of hydrogen-bond donors (Lipinski definition) is 2. The maximum Gasteiger partial charge on any atom is 0.290 e. The maximum atomic E-state index is 11.4. The third-order valence-electron chi connectivity index (χ3n) is 2.70. The van der Waals surface area contributed by atoms with E-state index in [9.17, 15) is 4.79 Å². The first kappa shape index (κ1) is 9.21. The number of hydrogen-bond acceptors (Lipinski definition) is 4. The van der Waals surface area contributed by atoms with Crippen molar-refractivity contribution in [2.75, 3.05) is 18.0 Å². The van der Waals surface area contributed by atoms with Gasteiger partial charge in [-0.05, 0) is 6.42 Å². The number of rotatable bonds is 2. The molecule has 0 amide bonds. The second-order valence-corrected chi connectivity index (χ2v) is 3.81. The molecule has 1 aromatic rings. The smallest absolute Gasteiger partial charge is 0.290 e. The molecule has 2 heterocycles. The molecule has 2 rings (SSSR count). The summed E-state index contributed by atoms with van der Waals surface area (Å²) < 4.78 is 0. The van der Waals surface area contributed by atoms with Gasteiger partial charge in [0.15, 0.2) is 5.82 Å². The van der Waals surface area contributed by atoms with Crippen LogP contribution in [0.5, 0.6) is 0 Å². The lowest BCUT2D eigenvalue weighted by molar-refractivity contribution is 0.319. The summed E-state index contributed by atoms with van der Waals surface area (Å²) in [7, 11) is 0. The molecule has 3 N–H and O–H groups in total. The van der Waals surface area contributed by atoms with Crippen LogP contribution in [0.3, 0.4) is 0 Å². The number of aromatic amines is 1. The van der Waals surface area contributed by atoms with E-state index in [4.69, 9.17) is 5.73 Å². The van der Waals surface area contributed by atoms with Crippen LogP contribution in [0, 0.1) is 0 Å². The molecule has 1 aromatic heterocycles. The molecular formula is C9H14N4O. The molecule has 1 aliphatic heterocycles. The zero-order valence-corrected chi connectivity index (χ0v) is 8.16. The molecule has 1 saturated heterocycles. The SMILES string of the molecule is CCC1(N)CN(c2ncc[nH]c2=O)C1. The van der Waals surface area contributed by atoms with Gasteiger partial charge < -0.3 is 15.6 Å². The van der Waals surface area contributed by atoms with Crippen LogP contribution < -0.4 is 16.2 Å². The Labute approximate surface area is 82.0 Å². The number of anilines is 1. The van der Waals surface area contributed by atoms with Gasteiger partial charge in [-0.2, -0.15) is 0 Å². The Morgan fingerprint density at radius 3 is 3.00 bits per heavy atom. The first-order valence-corrected chi connectivity index (χ1v) is 4.72. The van der Waals surface area contributed by atoms with Gasteiger partial charge in [0.2, 0.25) is 0 Å². The van der Waals surface area contributed by atoms with Gasteiger partial charge in [0.1, 0.15) is 0 Å². The third kappa shape index (κ3) is 1.39. The lowest BCUT2D eigenvalue weighted by Gasteiger charge is -2.47. The molecule has 1 fully saturated rings. The predicted octanol–water partition coefficient (Wildman–Crippen LogP) is -0.303. The predicted molar refractivity (Wildman–Crippen MR) is 54.3 cm³/mol. The van der Waals surface area contributed by atoms with E-state index < -0.39 is 0 Å². The fourth-order valence-corrected chi connectivity index (χ4v) is 1.66. The third-order valence-corrected chi connectivity index (χ3v) is 2.70. The zero-order chi connectivity index (χ0) is 10.2. The summed E-state index contributed by atoms with van der Waals surface area (Å²) in [6.07, 6.45) is 4.04. The molecule has 0 saturated carbocycles. The van der Waals surface area contributed by atoms with E-state index in [2.05, 4.69) is 16.9 Å². The number of nitrogens with zero attached hydrogens (tertiary/aromatic N) is 2. The van der Waals surface area contributed by atoms with Crippen molar-refractivity contribution < 1.29 is 0 Å². The van der Waals surface area contributed by atoms with Crippen molar-refractivity contribution in [2.45, 2.75) is 18.9 Å². The first-order valence-electron chi connectivity index (χ1n) is 4.72. The molecule has 14 heavy (non-hydrogen) atoms. The van der Waals surface area contributed by atoms with E-state index in [-0.39, 0.29) is 11.1 Å². The van der Waals surface area contributed by atoms with Crippen LogP contribution >= 0.6 is 0 Å². The van der Waals surface area contributed by atoms with Gasteiger partial charge in [-0.3, -0.25) is 4.79 Å². The van der Waals surface area contributed by atoms with Gasteiger partial charge in [0.05, 0.1) is 5.54 Å². The lowest BCUT2D eigenvalue weighted by Crippen LogP contribution is -2.68. The number of nitrogens with two attached hydrogens (primary N) is 1. The van der Waals surface area contributed by atoms with Gasteiger partial charge in [0.25, 0.3) is 5.56 Å². The molecule has 0 radical (unpaired) electrons. The van der Waals surface area contributed by atoms with Crippen LogP contribution in [0.25, 0.3) is 0 Å². The summed E-state index contributed by atoms with van der Waals surface area (Å²) in [6, 6.07) is 0. The summed E-state index contributed by atoms with van der Waals surface area (Å²) >= 11 is 0. The second kappa shape index (κ2) is 3.09. The van der Waals surface area contributed by atoms with Gasteiger partial charge in [-0.1, -0.05) is 6.92 Å². The Bertz CT molecular complexity index is 380. The first-order chi connectivity index (χ1) is 6.64. The van der Waals surface area contributed by atoms with E-state index in [1.807, 2.05) is 4.90 Å². The molecule has 0 bridgehead atoms. The van der Waals surface area contributed by atoms with Crippen LogP contribution in [0.15, 0.2) is 17.2 Å². The average Bonchev–Trinajstić information content (AvgIpc) is 2.14. The van der Waals surface area contributed by atoms with E-state index in [0.29, 0.717) is 18.9 Å². The number of H-pyrrole nitrogens is 1. The fourth-order valence-electron chi connectivity index (χ4n) is 1.66. The summed E-state index contributed by atoms with van der Waals surface area (Å²) in [5, 5.41) is 0. The Hall–Kier alpha value is -1.36. The summed E-state index contributed by atoms with van der Waals surface area (Å²) in [6.45, 7) is 3.48. The Kier molecular flexibility index (Phi) is 2.03. The Morgan fingerprint density at radius 1 is 1.71 bits per heavy atom. The lowest BCUT2D eigenvalue weighted by atomic mass is 9.88. The molecule has 1 aliphatic rings. The Balaban J connectivity index is 2.14. The van der Waals surface area contributed by atoms with Crippen molar-refractivity contribution in [2.24, 2.45) is 5.73 Å². The molecule has 76 valence electrons. The minimum Gasteiger partial charge on any atom is -0.348 e. The molecule has 0 aliphatic carbocycles. The van der Waals surface area contributed by atoms with Crippen LogP contribution in [0.2, 0.25) is 0 Å². The average molecular weight is 194 g/mol. The molecule has 5 heteroatoms. The molecular weight excluding hydrogens is 180 g/mol. The van der Waals surface area contributed by atoms with E-state index in [1.165, 1.54) is 6.20 Å². The minimum atomic E-state index is -0.148. The highest BCUT2D eigenvalue weighted by molar-refractivity contribution is 5.42. The molecule has 5 nitrogen and oxygen atoms in total. The van der Waals surface area contributed by atoms with Crippen molar-refractivity contribution in [1.82, 2.24) is 9.97 Å². The molecule has 0 spiro atoms. The van der Waals surface area contributed by atoms with Crippen molar-refractivity contribution in [3.8, 4) is 0 Å².